The van der Waals surface area contributed by atoms with Crippen molar-refractivity contribution in [2.45, 2.75) is 0 Å². The average molecular weight is 402 g/mol. The molecule has 1 N–H and O–H groups in total. The van der Waals surface area contributed by atoms with Crippen LogP contribution in [0.25, 0.3) is 17.1 Å². The predicted octanol–water partition coefficient (Wildman–Crippen LogP) is 4.58. The Hall–Kier alpha value is -1.86. The van der Waals surface area contributed by atoms with E-state index in [2.05, 4.69) is 4.98 Å². The molecule has 0 aliphatic heterocycles. The van der Waals surface area contributed by atoms with Crippen molar-refractivity contribution in [3.05, 3.63) is 66.0 Å². The van der Waals surface area contributed by atoms with Crippen LogP contribution in [-0.2, 0) is 0 Å². The largest absolute Gasteiger partial charge is 0.477 e. The fourth-order valence-electron chi connectivity index (χ4n) is 1.94. The number of thiazole rings is 1. The number of carboxylic acids is 1. The van der Waals surface area contributed by atoms with Crippen molar-refractivity contribution in [1.82, 2.24) is 9.38 Å². The third-order valence-electron chi connectivity index (χ3n) is 3.09. The molecule has 0 saturated carbocycles. The number of aromatic carboxylic acids is 1. The highest BCUT2D eigenvalue weighted by Crippen LogP contribution is 2.24. The molecule has 0 atom stereocenters. The Bertz CT molecular complexity index is 1060. The van der Waals surface area contributed by atoms with Crippen molar-refractivity contribution in [2.24, 2.45) is 0 Å². The minimum absolute atomic E-state index is 0.00118. The average Bonchev–Trinajstić information content (AvgIpc) is 2.97. The zero-order valence-corrected chi connectivity index (χ0v) is 14.7. The normalized spacial score (nSPS) is 11.5. The summed E-state index contributed by atoms with van der Waals surface area (Å²) < 4.78 is 1.12. The van der Waals surface area contributed by atoms with Crippen molar-refractivity contribution >= 4 is 69.2 Å². The molecule has 0 aliphatic carbocycles. The van der Waals surface area contributed by atoms with Gasteiger partial charge in [-0.3, -0.25) is 9.20 Å². The summed E-state index contributed by atoms with van der Waals surface area (Å²) in [6, 6.07) is 5.06. The molecule has 3 aromatic rings. The highest BCUT2D eigenvalue weighted by Gasteiger charge is 2.14. The van der Waals surface area contributed by atoms with Gasteiger partial charge < -0.3 is 5.11 Å². The highest BCUT2D eigenvalue weighted by atomic mass is 35.5. The lowest BCUT2D eigenvalue weighted by Gasteiger charge is -2.00. The fourth-order valence-corrected chi connectivity index (χ4v) is 3.26. The molecular formula is C15H7Cl3N2O3S. The first-order valence-electron chi connectivity index (χ1n) is 6.45. The number of hydrogen-bond donors (Lipinski definition) is 1. The number of halogens is 3. The summed E-state index contributed by atoms with van der Waals surface area (Å²) in [7, 11) is 0. The fraction of sp³-hybridized carbons (Fsp3) is 0. The summed E-state index contributed by atoms with van der Waals surface area (Å²) in [4.78, 5) is 27.7. The maximum Gasteiger partial charge on any atom is 0.347 e. The minimum atomic E-state index is -1.13. The van der Waals surface area contributed by atoms with Gasteiger partial charge in [-0.15, -0.1) is 0 Å². The molecule has 0 amide bonds. The van der Waals surface area contributed by atoms with Crippen molar-refractivity contribution in [2.75, 3.05) is 0 Å². The number of rotatable bonds is 3. The molecule has 122 valence electrons. The number of hydrogen-bond acceptors (Lipinski definition) is 4. The Balaban J connectivity index is 2.07. The summed E-state index contributed by atoms with van der Waals surface area (Å²) in [5.74, 6) is -1.13. The molecule has 2 aromatic heterocycles. The predicted molar refractivity (Wildman–Crippen MR) is 96.7 cm³/mol. The van der Waals surface area contributed by atoms with Crippen molar-refractivity contribution < 1.29 is 9.90 Å². The number of fused-ring (bicyclic) bond motifs is 1. The Kier molecular flexibility index (Phi) is 4.64. The van der Waals surface area contributed by atoms with Gasteiger partial charge in [-0.2, -0.15) is 0 Å². The summed E-state index contributed by atoms with van der Waals surface area (Å²) in [6.07, 6.45) is 4.44. The Labute approximate surface area is 154 Å². The van der Waals surface area contributed by atoms with Gasteiger partial charge in [-0.1, -0.05) is 58.3 Å². The van der Waals surface area contributed by atoms with E-state index in [0.29, 0.717) is 10.0 Å². The SMILES string of the molecule is O=C(O)c1cn2c(=O)c(Cl)c(C=Cc3ccc(Cl)c(Cl)c3)nc2s1. The zero-order valence-electron chi connectivity index (χ0n) is 11.7. The van der Waals surface area contributed by atoms with Gasteiger partial charge in [0.15, 0.2) is 4.96 Å². The summed E-state index contributed by atoms with van der Waals surface area (Å²) in [5.41, 5.74) is 0.464. The number of carbonyl (C=O) groups is 1. The van der Waals surface area contributed by atoms with Gasteiger partial charge in [0, 0.05) is 6.20 Å². The second-order valence-electron chi connectivity index (χ2n) is 4.68. The lowest BCUT2D eigenvalue weighted by atomic mass is 10.2. The van der Waals surface area contributed by atoms with Crippen molar-refractivity contribution in [3.63, 3.8) is 0 Å². The first kappa shape index (κ1) is 17.0. The molecule has 1 aromatic carbocycles. The summed E-state index contributed by atoms with van der Waals surface area (Å²) >= 11 is 18.7. The smallest absolute Gasteiger partial charge is 0.347 e. The second-order valence-corrected chi connectivity index (χ2v) is 6.88. The molecule has 0 radical (unpaired) electrons. The monoisotopic (exact) mass is 400 g/mol. The first-order valence-corrected chi connectivity index (χ1v) is 8.40. The zero-order chi connectivity index (χ0) is 17.4. The van der Waals surface area contributed by atoms with Gasteiger partial charge in [0.2, 0.25) is 0 Å². The minimum Gasteiger partial charge on any atom is -0.477 e. The van der Waals surface area contributed by atoms with Crippen LogP contribution in [-0.4, -0.2) is 20.5 Å². The Morgan fingerprint density at radius 3 is 2.62 bits per heavy atom. The first-order chi connectivity index (χ1) is 11.4. The second kappa shape index (κ2) is 6.57. The number of benzene rings is 1. The van der Waals surface area contributed by atoms with Crippen LogP contribution < -0.4 is 5.56 Å². The Morgan fingerprint density at radius 2 is 1.96 bits per heavy atom. The number of nitrogens with zero attached hydrogens (tertiary/aromatic N) is 2. The van der Waals surface area contributed by atoms with Crippen molar-refractivity contribution in [3.8, 4) is 0 Å². The van der Waals surface area contributed by atoms with E-state index in [4.69, 9.17) is 39.9 Å². The van der Waals surface area contributed by atoms with Crippen LogP contribution >= 0.6 is 46.1 Å². The van der Waals surface area contributed by atoms with E-state index in [9.17, 15) is 9.59 Å². The van der Waals surface area contributed by atoms with E-state index < -0.39 is 11.5 Å². The lowest BCUT2D eigenvalue weighted by molar-refractivity contribution is 0.0702. The van der Waals surface area contributed by atoms with Gasteiger partial charge in [0.1, 0.15) is 9.90 Å². The summed E-state index contributed by atoms with van der Waals surface area (Å²) in [5, 5.41) is 9.75. The molecule has 5 nitrogen and oxygen atoms in total. The topological polar surface area (TPSA) is 71.7 Å². The molecule has 0 unspecified atom stereocenters. The maximum atomic E-state index is 12.2. The molecule has 0 bridgehead atoms. The van der Waals surface area contributed by atoms with Gasteiger partial charge in [0.25, 0.3) is 5.56 Å². The van der Waals surface area contributed by atoms with Crippen LogP contribution in [0, 0.1) is 0 Å². The van der Waals surface area contributed by atoms with Gasteiger partial charge in [0.05, 0.1) is 15.7 Å². The van der Waals surface area contributed by atoms with E-state index >= 15 is 0 Å². The van der Waals surface area contributed by atoms with E-state index in [-0.39, 0.29) is 20.6 Å². The van der Waals surface area contributed by atoms with Crippen LogP contribution in [0.1, 0.15) is 20.9 Å². The molecule has 0 fully saturated rings. The van der Waals surface area contributed by atoms with E-state index in [1.54, 1.807) is 30.4 Å². The quantitative estimate of drug-likeness (QED) is 0.697. The maximum absolute atomic E-state index is 12.2. The molecule has 3 rings (SSSR count). The van der Waals surface area contributed by atoms with Crippen molar-refractivity contribution in [1.29, 1.82) is 0 Å². The summed E-state index contributed by atoms with van der Waals surface area (Å²) in [6.45, 7) is 0. The number of aromatic nitrogens is 2. The molecule has 0 spiro atoms. The van der Waals surface area contributed by atoms with E-state index in [1.807, 2.05) is 0 Å². The highest BCUT2D eigenvalue weighted by molar-refractivity contribution is 7.18. The van der Waals surface area contributed by atoms with Crippen LogP contribution in [0.15, 0.2) is 29.2 Å². The third-order valence-corrected chi connectivity index (χ3v) is 5.15. The van der Waals surface area contributed by atoms with Gasteiger partial charge in [-0.25, -0.2) is 9.78 Å². The van der Waals surface area contributed by atoms with Crippen LogP contribution in [0.2, 0.25) is 15.1 Å². The van der Waals surface area contributed by atoms with E-state index in [1.165, 1.54) is 6.20 Å². The molecule has 0 aliphatic rings. The molecular weight excluding hydrogens is 395 g/mol. The van der Waals surface area contributed by atoms with Crippen LogP contribution in [0.4, 0.5) is 0 Å². The van der Waals surface area contributed by atoms with Crippen LogP contribution in [0.5, 0.6) is 0 Å². The standard InChI is InChI=1S/C15H7Cl3N2O3S/c16-8-3-1-7(5-9(8)17)2-4-10-12(18)13(21)20-6-11(14(22)23)24-15(20)19-10/h1-6H,(H,22,23). The number of carboxylic acid groups (broad SMARTS) is 1. The Morgan fingerprint density at radius 1 is 1.21 bits per heavy atom. The van der Waals surface area contributed by atoms with Crippen LogP contribution in [0.3, 0.4) is 0 Å². The molecule has 9 heteroatoms. The van der Waals surface area contributed by atoms with Gasteiger partial charge >= 0.3 is 5.97 Å². The van der Waals surface area contributed by atoms with E-state index in [0.717, 1.165) is 21.3 Å². The third kappa shape index (κ3) is 3.18. The van der Waals surface area contributed by atoms with Gasteiger partial charge in [-0.05, 0) is 23.8 Å². The molecule has 0 saturated heterocycles. The molecule has 2 heterocycles. The molecule has 24 heavy (non-hydrogen) atoms. The lowest BCUT2D eigenvalue weighted by Crippen LogP contribution is -2.14.